The fourth-order valence-corrected chi connectivity index (χ4v) is 1.79. The number of hydrogen-bond acceptors (Lipinski definition) is 1. The molecule has 0 aromatic heterocycles. The van der Waals surface area contributed by atoms with E-state index in [1.54, 1.807) is 0 Å². The molecular formula is C13H12O. The lowest BCUT2D eigenvalue weighted by Gasteiger charge is -2.06. The molecule has 0 N–H and O–H groups in total. The Morgan fingerprint density at radius 2 is 1.79 bits per heavy atom. The van der Waals surface area contributed by atoms with E-state index in [-0.39, 0.29) is 5.60 Å². The molecule has 1 aliphatic heterocycles. The van der Waals surface area contributed by atoms with Crippen LogP contribution in [0.4, 0.5) is 0 Å². The monoisotopic (exact) mass is 184 g/mol. The van der Waals surface area contributed by atoms with E-state index in [0.717, 1.165) is 6.61 Å². The quantitative estimate of drug-likeness (QED) is 0.620. The molecule has 2 aromatic rings. The van der Waals surface area contributed by atoms with Gasteiger partial charge < -0.3 is 4.74 Å². The maximum absolute atomic E-state index is 5.43. The van der Waals surface area contributed by atoms with Gasteiger partial charge in [-0.1, -0.05) is 36.4 Å². The molecule has 1 atom stereocenters. The molecule has 1 saturated heterocycles. The van der Waals surface area contributed by atoms with Crippen molar-refractivity contribution < 1.29 is 4.74 Å². The minimum absolute atomic E-state index is 0.00989. The van der Waals surface area contributed by atoms with Gasteiger partial charge in [0, 0.05) is 0 Å². The van der Waals surface area contributed by atoms with Gasteiger partial charge >= 0.3 is 0 Å². The molecule has 2 aromatic carbocycles. The Labute approximate surface area is 83.3 Å². The van der Waals surface area contributed by atoms with Gasteiger partial charge in [0.2, 0.25) is 0 Å². The summed E-state index contributed by atoms with van der Waals surface area (Å²) in [4.78, 5) is 0. The van der Waals surface area contributed by atoms with E-state index in [9.17, 15) is 0 Å². The van der Waals surface area contributed by atoms with Crippen molar-refractivity contribution in [3.05, 3.63) is 48.0 Å². The lowest BCUT2D eigenvalue weighted by atomic mass is 9.98. The van der Waals surface area contributed by atoms with Crippen molar-refractivity contribution in [1.82, 2.24) is 0 Å². The van der Waals surface area contributed by atoms with Crippen LogP contribution in [0.25, 0.3) is 10.8 Å². The van der Waals surface area contributed by atoms with Crippen LogP contribution in [0.1, 0.15) is 12.5 Å². The lowest BCUT2D eigenvalue weighted by molar-refractivity contribution is 0.330. The number of benzene rings is 2. The fourth-order valence-electron chi connectivity index (χ4n) is 1.79. The lowest BCUT2D eigenvalue weighted by Crippen LogP contribution is -2.01. The van der Waals surface area contributed by atoms with Crippen molar-refractivity contribution in [3.8, 4) is 0 Å². The number of ether oxygens (including phenoxy) is 1. The molecule has 1 aliphatic rings. The summed E-state index contributed by atoms with van der Waals surface area (Å²) >= 11 is 0. The highest BCUT2D eigenvalue weighted by Crippen LogP contribution is 2.38. The van der Waals surface area contributed by atoms with Gasteiger partial charge in [0.25, 0.3) is 0 Å². The molecule has 3 rings (SSSR count). The molecule has 0 bridgehead atoms. The standard InChI is InChI=1S/C13H12O/c1-13(9-14-13)12-7-6-10-4-2-3-5-11(10)8-12/h2-8H,9H2,1H3. The summed E-state index contributed by atoms with van der Waals surface area (Å²) in [7, 11) is 0. The maximum atomic E-state index is 5.43. The van der Waals surface area contributed by atoms with Gasteiger partial charge in [-0.05, 0) is 29.3 Å². The van der Waals surface area contributed by atoms with Crippen LogP contribution in [-0.4, -0.2) is 6.61 Å². The second kappa shape index (κ2) is 2.58. The first kappa shape index (κ1) is 8.01. The fraction of sp³-hybridized carbons (Fsp3) is 0.231. The van der Waals surface area contributed by atoms with Crippen molar-refractivity contribution in [2.75, 3.05) is 6.61 Å². The molecule has 1 nitrogen and oxygen atoms in total. The summed E-state index contributed by atoms with van der Waals surface area (Å²) < 4.78 is 5.43. The summed E-state index contributed by atoms with van der Waals surface area (Å²) in [5, 5.41) is 2.59. The first-order valence-electron chi connectivity index (χ1n) is 4.91. The molecule has 0 radical (unpaired) electrons. The highest BCUT2D eigenvalue weighted by Gasteiger charge is 2.40. The average Bonchev–Trinajstić information content (AvgIpc) is 2.97. The topological polar surface area (TPSA) is 12.5 Å². The van der Waals surface area contributed by atoms with Crippen LogP contribution in [0.3, 0.4) is 0 Å². The third-order valence-corrected chi connectivity index (χ3v) is 2.94. The minimum atomic E-state index is -0.00989. The van der Waals surface area contributed by atoms with Crippen molar-refractivity contribution in [1.29, 1.82) is 0 Å². The van der Waals surface area contributed by atoms with Crippen LogP contribution >= 0.6 is 0 Å². The molecular weight excluding hydrogens is 172 g/mol. The zero-order valence-electron chi connectivity index (χ0n) is 8.16. The van der Waals surface area contributed by atoms with Gasteiger partial charge in [-0.15, -0.1) is 0 Å². The van der Waals surface area contributed by atoms with Gasteiger partial charge in [0.15, 0.2) is 0 Å². The van der Waals surface area contributed by atoms with E-state index >= 15 is 0 Å². The van der Waals surface area contributed by atoms with Gasteiger partial charge in [0.1, 0.15) is 5.60 Å². The Hall–Kier alpha value is -1.34. The molecule has 70 valence electrons. The second-order valence-corrected chi connectivity index (χ2v) is 4.08. The number of fused-ring (bicyclic) bond motifs is 1. The average molecular weight is 184 g/mol. The van der Waals surface area contributed by atoms with Gasteiger partial charge in [-0.25, -0.2) is 0 Å². The minimum Gasteiger partial charge on any atom is -0.365 e. The van der Waals surface area contributed by atoms with E-state index in [2.05, 4.69) is 49.4 Å². The number of hydrogen-bond donors (Lipinski definition) is 0. The summed E-state index contributed by atoms with van der Waals surface area (Å²) in [5.41, 5.74) is 1.28. The Bertz CT molecular complexity index is 483. The molecule has 1 fully saturated rings. The predicted octanol–water partition coefficient (Wildman–Crippen LogP) is 3.09. The Morgan fingerprint density at radius 3 is 2.50 bits per heavy atom. The zero-order chi connectivity index (χ0) is 9.60. The third kappa shape index (κ3) is 1.13. The SMILES string of the molecule is CC1(c2ccc3ccccc3c2)CO1. The molecule has 14 heavy (non-hydrogen) atoms. The molecule has 0 amide bonds. The summed E-state index contributed by atoms with van der Waals surface area (Å²) in [6, 6.07) is 15.0. The third-order valence-electron chi connectivity index (χ3n) is 2.94. The van der Waals surface area contributed by atoms with Crippen molar-refractivity contribution in [2.24, 2.45) is 0 Å². The van der Waals surface area contributed by atoms with Gasteiger partial charge in [-0.2, -0.15) is 0 Å². The number of rotatable bonds is 1. The van der Waals surface area contributed by atoms with E-state index < -0.39 is 0 Å². The normalized spacial score (nSPS) is 25.2. The summed E-state index contributed by atoms with van der Waals surface area (Å²) in [5.74, 6) is 0. The Morgan fingerprint density at radius 1 is 1.07 bits per heavy atom. The molecule has 1 heteroatoms. The highest BCUT2D eigenvalue weighted by molar-refractivity contribution is 5.83. The molecule has 1 unspecified atom stereocenters. The molecule has 0 saturated carbocycles. The first-order chi connectivity index (χ1) is 6.78. The predicted molar refractivity (Wildman–Crippen MR) is 57.3 cm³/mol. The van der Waals surface area contributed by atoms with Crippen LogP contribution in [0, 0.1) is 0 Å². The second-order valence-electron chi connectivity index (χ2n) is 4.08. The maximum Gasteiger partial charge on any atom is 0.114 e. The van der Waals surface area contributed by atoms with Crippen molar-refractivity contribution in [3.63, 3.8) is 0 Å². The first-order valence-corrected chi connectivity index (χ1v) is 4.91. The van der Waals surface area contributed by atoms with E-state index in [1.807, 2.05) is 0 Å². The summed E-state index contributed by atoms with van der Waals surface area (Å²) in [6.45, 7) is 2.99. The Balaban J connectivity index is 2.20. The van der Waals surface area contributed by atoms with Crippen molar-refractivity contribution >= 4 is 10.8 Å². The van der Waals surface area contributed by atoms with Crippen LogP contribution in [0.15, 0.2) is 42.5 Å². The van der Waals surface area contributed by atoms with E-state index in [1.165, 1.54) is 16.3 Å². The van der Waals surface area contributed by atoms with E-state index in [0.29, 0.717) is 0 Å². The molecule has 0 aliphatic carbocycles. The van der Waals surface area contributed by atoms with Crippen LogP contribution in [-0.2, 0) is 10.3 Å². The smallest absolute Gasteiger partial charge is 0.114 e. The van der Waals surface area contributed by atoms with Crippen LogP contribution in [0.2, 0.25) is 0 Å². The van der Waals surface area contributed by atoms with Crippen LogP contribution in [0.5, 0.6) is 0 Å². The van der Waals surface area contributed by atoms with E-state index in [4.69, 9.17) is 4.74 Å². The molecule has 1 heterocycles. The highest BCUT2D eigenvalue weighted by atomic mass is 16.6. The zero-order valence-corrected chi connectivity index (χ0v) is 8.16. The number of epoxide rings is 1. The summed E-state index contributed by atoms with van der Waals surface area (Å²) in [6.07, 6.45) is 0. The van der Waals surface area contributed by atoms with Gasteiger partial charge in [-0.3, -0.25) is 0 Å². The molecule has 0 spiro atoms. The Kier molecular flexibility index (Phi) is 1.48. The van der Waals surface area contributed by atoms with Gasteiger partial charge in [0.05, 0.1) is 6.61 Å². The van der Waals surface area contributed by atoms with Crippen LogP contribution < -0.4 is 0 Å². The van der Waals surface area contributed by atoms with Crippen molar-refractivity contribution in [2.45, 2.75) is 12.5 Å². The largest absolute Gasteiger partial charge is 0.365 e.